The molecular formula is C17H24O3. The van der Waals surface area contributed by atoms with Gasteiger partial charge in [0.1, 0.15) is 0 Å². The van der Waals surface area contributed by atoms with Crippen molar-refractivity contribution < 1.29 is 14.3 Å². The molecule has 2 atom stereocenters. The molecule has 0 N–H and O–H groups in total. The average molecular weight is 276 g/mol. The maximum absolute atomic E-state index is 12.2. The minimum atomic E-state index is -0.121. The van der Waals surface area contributed by atoms with Crippen molar-refractivity contribution in [3.63, 3.8) is 0 Å². The largest absolute Gasteiger partial charge is 0.353 e. The molecule has 1 heterocycles. The van der Waals surface area contributed by atoms with Gasteiger partial charge in [0.2, 0.25) is 0 Å². The third-order valence-electron chi connectivity index (χ3n) is 3.64. The van der Waals surface area contributed by atoms with Gasteiger partial charge in [-0.05, 0) is 19.3 Å². The van der Waals surface area contributed by atoms with Crippen LogP contribution in [0.2, 0.25) is 0 Å². The van der Waals surface area contributed by atoms with Crippen LogP contribution in [0.5, 0.6) is 0 Å². The van der Waals surface area contributed by atoms with Gasteiger partial charge in [-0.3, -0.25) is 4.79 Å². The minimum Gasteiger partial charge on any atom is -0.353 e. The van der Waals surface area contributed by atoms with Crippen molar-refractivity contribution in [2.45, 2.75) is 57.8 Å². The molecule has 0 saturated carbocycles. The zero-order valence-corrected chi connectivity index (χ0v) is 12.2. The van der Waals surface area contributed by atoms with Gasteiger partial charge in [-0.25, -0.2) is 0 Å². The molecule has 0 aromatic heterocycles. The van der Waals surface area contributed by atoms with E-state index in [0.29, 0.717) is 13.0 Å². The Kier molecular flexibility index (Phi) is 6.22. The average Bonchev–Trinajstić information content (AvgIpc) is 2.49. The van der Waals surface area contributed by atoms with Crippen molar-refractivity contribution in [2.24, 2.45) is 0 Å². The fraction of sp³-hybridized carbons (Fsp3) is 0.588. The molecule has 1 saturated heterocycles. The second kappa shape index (κ2) is 8.18. The van der Waals surface area contributed by atoms with Gasteiger partial charge in [-0.1, -0.05) is 50.1 Å². The lowest BCUT2D eigenvalue weighted by molar-refractivity contribution is -0.213. The molecule has 2 rings (SSSR count). The third-order valence-corrected chi connectivity index (χ3v) is 3.64. The first-order valence-electron chi connectivity index (χ1n) is 7.65. The highest BCUT2D eigenvalue weighted by Gasteiger charge is 2.24. The lowest BCUT2D eigenvalue weighted by atomic mass is 10.0. The number of ether oxygens (including phenoxy) is 2. The lowest BCUT2D eigenvalue weighted by Gasteiger charge is -2.30. The van der Waals surface area contributed by atoms with Crippen LogP contribution in [0.25, 0.3) is 0 Å². The van der Waals surface area contributed by atoms with E-state index in [1.807, 2.05) is 30.3 Å². The maximum Gasteiger partial charge on any atom is 0.165 e. The number of hydrogen-bond acceptors (Lipinski definition) is 3. The van der Waals surface area contributed by atoms with Crippen molar-refractivity contribution in [3.8, 4) is 0 Å². The SMILES string of the molecule is CCCCCC1OCCC(CC(=O)c2ccccc2)O1. The Bertz CT molecular complexity index is 402. The Labute approximate surface area is 121 Å². The fourth-order valence-corrected chi connectivity index (χ4v) is 2.46. The van der Waals surface area contributed by atoms with Gasteiger partial charge in [0.15, 0.2) is 12.1 Å². The molecular weight excluding hydrogens is 252 g/mol. The van der Waals surface area contributed by atoms with Crippen LogP contribution in [-0.2, 0) is 9.47 Å². The molecule has 20 heavy (non-hydrogen) atoms. The molecule has 3 nitrogen and oxygen atoms in total. The van der Waals surface area contributed by atoms with E-state index in [-0.39, 0.29) is 18.2 Å². The number of hydrogen-bond donors (Lipinski definition) is 0. The number of unbranched alkanes of at least 4 members (excludes halogenated alkanes) is 2. The number of benzene rings is 1. The molecule has 0 radical (unpaired) electrons. The monoisotopic (exact) mass is 276 g/mol. The highest BCUT2D eigenvalue weighted by molar-refractivity contribution is 5.96. The van der Waals surface area contributed by atoms with Crippen LogP contribution in [0.3, 0.4) is 0 Å². The molecule has 0 spiro atoms. The number of carbonyl (C=O) groups is 1. The molecule has 0 aliphatic carbocycles. The molecule has 3 heteroatoms. The Morgan fingerprint density at radius 3 is 2.80 bits per heavy atom. The Balaban J connectivity index is 1.79. The van der Waals surface area contributed by atoms with Gasteiger partial charge >= 0.3 is 0 Å². The fourth-order valence-electron chi connectivity index (χ4n) is 2.46. The van der Waals surface area contributed by atoms with E-state index < -0.39 is 0 Å². The molecule has 1 fully saturated rings. The molecule has 1 aliphatic heterocycles. The van der Waals surface area contributed by atoms with E-state index in [9.17, 15) is 4.79 Å². The van der Waals surface area contributed by atoms with Crippen molar-refractivity contribution in [2.75, 3.05) is 6.61 Å². The Morgan fingerprint density at radius 2 is 2.05 bits per heavy atom. The molecule has 1 aromatic rings. The number of ketones is 1. The molecule has 0 bridgehead atoms. The topological polar surface area (TPSA) is 35.5 Å². The van der Waals surface area contributed by atoms with E-state index in [2.05, 4.69) is 6.92 Å². The van der Waals surface area contributed by atoms with Crippen molar-refractivity contribution in [3.05, 3.63) is 35.9 Å². The first-order chi connectivity index (χ1) is 9.79. The van der Waals surface area contributed by atoms with Crippen LogP contribution in [0.1, 0.15) is 55.8 Å². The normalized spacial score (nSPS) is 22.6. The minimum absolute atomic E-state index is 0.00285. The summed E-state index contributed by atoms with van der Waals surface area (Å²) in [6, 6.07) is 9.43. The van der Waals surface area contributed by atoms with Crippen LogP contribution in [0.4, 0.5) is 0 Å². The number of rotatable bonds is 7. The van der Waals surface area contributed by atoms with Crippen molar-refractivity contribution in [1.29, 1.82) is 0 Å². The van der Waals surface area contributed by atoms with E-state index in [1.54, 1.807) is 0 Å². The van der Waals surface area contributed by atoms with Crippen LogP contribution in [-0.4, -0.2) is 24.8 Å². The third kappa shape index (κ3) is 4.73. The Hall–Kier alpha value is -1.19. The van der Waals surface area contributed by atoms with Crippen LogP contribution >= 0.6 is 0 Å². The summed E-state index contributed by atoms with van der Waals surface area (Å²) in [4.78, 5) is 12.2. The highest BCUT2D eigenvalue weighted by atomic mass is 16.7. The number of Topliss-reactive ketones (excluding diaryl/α,β-unsaturated/α-hetero) is 1. The van der Waals surface area contributed by atoms with E-state index in [0.717, 1.165) is 24.8 Å². The summed E-state index contributed by atoms with van der Waals surface area (Å²) in [6.07, 6.45) is 5.61. The van der Waals surface area contributed by atoms with Crippen LogP contribution in [0.15, 0.2) is 30.3 Å². The van der Waals surface area contributed by atoms with E-state index >= 15 is 0 Å². The predicted octanol–water partition coefficient (Wildman–Crippen LogP) is 3.97. The summed E-state index contributed by atoms with van der Waals surface area (Å²) in [5, 5.41) is 0. The van der Waals surface area contributed by atoms with Gasteiger partial charge in [0.05, 0.1) is 12.7 Å². The first-order valence-corrected chi connectivity index (χ1v) is 7.65. The second-order valence-electron chi connectivity index (χ2n) is 5.34. The number of carbonyl (C=O) groups excluding carboxylic acids is 1. The Morgan fingerprint density at radius 1 is 1.25 bits per heavy atom. The zero-order valence-electron chi connectivity index (χ0n) is 12.2. The maximum atomic E-state index is 12.2. The first kappa shape index (κ1) is 15.2. The smallest absolute Gasteiger partial charge is 0.165 e. The molecule has 1 aliphatic rings. The van der Waals surface area contributed by atoms with Gasteiger partial charge < -0.3 is 9.47 Å². The van der Waals surface area contributed by atoms with Gasteiger partial charge in [0, 0.05) is 12.0 Å². The standard InChI is InChI=1S/C17H24O3/c1-2-3-5-10-17-19-12-11-15(20-17)13-16(18)14-8-6-4-7-9-14/h4,6-9,15,17H,2-3,5,10-13H2,1H3. The second-order valence-corrected chi connectivity index (χ2v) is 5.34. The van der Waals surface area contributed by atoms with Gasteiger partial charge in [0.25, 0.3) is 0 Å². The van der Waals surface area contributed by atoms with Crippen LogP contribution in [0, 0.1) is 0 Å². The predicted molar refractivity (Wildman–Crippen MR) is 78.8 cm³/mol. The molecule has 2 unspecified atom stereocenters. The zero-order chi connectivity index (χ0) is 14.2. The van der Waals surface area contributed by atoms with Crippen molar-refractivity contribution >= 4 is 5.78 Å². The molecule has 110 valence electrons. The summed E-state index contributed by atoms with van der Waals surface area (Å²) in [5.41, 5.74) is 0.769. The summed E-state index contributed by atoms with van der Waals surface area (Å²) in [5.74, 6) is 0.157. The molecule has 0 amide bonds. The quantitative estimate of drug-likeness (QED) is 0.558. The summed E-state index contributed by atoms with van der Waals surface area (Å²) >= 11 is 0. The van der Waals surface area contributed by atoms with E-state index in [1.165, 1.54) is 12.8 Å². The van der Waals surface area contributed by atoms with Crippen LogP contribution < -0.4 is 0 Å². The summed E-state index contributed by atoms with van der Waals surface area (Å²) < 4.78 is 11.5. The molecule has 1 aromatic carbocycles. The van der Waals surface area contributed by atoms with E-state index in [4.69, 9.17) is 9.47 Å². The highest BCUT2D eigenvalue weighted by Crippen LogP contribution is 2.21. The van der Waals surface area contributed by atoms with Crippen molar-refractivity contribution in [1.82, 2.24) is 0 Å². The summed E-state index contributed by atoms with van der Waals surface area (Å²) in [6.45, 7) is 2.88. The van der Waals surface area contributed by atoms with Gasteiger partial charge in [-0.2, -0.15) is 0 Å². The summed E-state index contributed by atoms with van der Waals surface area (Å²) in [7, 11) is 0. The van der Waals surface area contributed by atoms with Gasteiger partial charge in [-0.15, -0.1) is 0 Å². The lowest BCUT2D eigenvalue weighted by Crippen LogP contribution is -2.33.